The predicted octanol–water partition coefficient (Wildman–Crippen LogP) is 5.29. The Morgan fingerprint density at radius 3 is 2.09 bits per heavy atom. The van der Waals surface area contributed by atoms with Crippen molar-refractivity contribution in [3.05, 3.63) is 88.0 Å². The summed E-state index contributed by atoms with van der Waals surface area (Å²) in [6, 6.07) is 15.5. The van der Waals surface area contributed by atoms with Crippen molar-refractivity contribution in [2.75, 3.05) is 11.3 Å². The lowest BCUT2D eigenvalue weighted by Crippen LogP contribution is -2.31. The highest BCUT2D eigenvalue weighted by atomic mass is 32.2. The Kier molecular flexibility index (Phi) is 7.67. The molecule has 0 radical (unpaired) electrons. The van der Waals surface area contributed by atoms with Gasteiger partial charge in [-0.25, -0.2) is 8.42 Å². The fraction of sp³-hybridized carbons (Fsp3) is 0.296. The summed E-state index contributed by atoms with van der Waals surface area (Å²) in [7, 11) is -3.73. The lowest BCUT2D eigenvalue weighted by molar-refractivity contribution is -0.123. The van der Waals surface area contributed by atoms with E-state index in [4.69, 9.17) is 4.74 Å². The largest absolute Gasteiger partial charge is 0.484 e. The van der Waals surface area contributed by atoms with E-state index in [0.29, 0.717) is 11.4 Å². The van der Waals surface area contributed by atoms with E-state index in [-0.39, 0.29) is 23.5 Å². The number of nitrogens with one attached hydrogen (secondary N) is 2. The first-order valence-electron chi connectivity index (χ1n) is 11.2. The van der Waals surface area contributed by atoms with E-state index in [2.05, 4.69) is 36.0 Å². The summed E-state index contributed by atoms with van der Waals surface area (Å²) in [5, 5.41) is 2.96. The van der Waals surface area contributed by atoms with Crippen LogP contribution in [0.4, 0.5) is 5.69 Å². The van der Waals surface area contributed by atoms with Gasteiger partial charge in [0.05, 0.1) is 10.9 Å². The van der Waals surface area contributed by atoms with E-state index in [9.17, 15) is 13.2 Å². The number of rotatable bonds is 8. The summed E-state index contributed by atoms with van der Waals surface area (Å²) >= 11 is 0. The lowest BCUT2D eigenvalue weighted by atomic mass is 9.96. The second-order valence-electron chi connectivity index (χ2n) is 8.75. The maximum Gasteiger partial charge on any atom is 0.261 e. The first-order chi connectivity index (χ1) is 16.0. The zero-order valence-corrected chi connectivity index (χ0v) is 21.3. The number of hydrogen-bond acceptors (Lipinski definition) is 4. The number of carbonyl (C=O) groups excluding carboxylic acids is 1. The van der Waals surface area contributed by atoms with Crippen molar-refractivity contribution in [2.24, 2.45) is 0 Å². The average Bonchev–Trinajstić information content (AvgIpc) is 2.77. The number of aryl methyl sites for hydroxylation is 5. The normalized spacial score (nSPS) is 12.2. The third kappa shape index (κ3) is 6.17. The molecule has 0 saturated heterocycles. The van der Waals surface area contributed by atoms with Crippen molar-refractivity contribution in [3.8, 4) is 5.75 Å². The van der Waals surface area contributed by atoms with Crippen LogP contribution in [0.3, 0.4) is 0 Å². The molecule has 0 aliphatic carbocycles. The first-order valence-corrected chi connectivity index (χ1v) is 12.6. The molecule has 0 heterocycles. The molecule has 3 rings (SSSR count). The highest BCUT2D eigenvalue weighted by Gasteiger charge is 2.16. The van der Waals surface area contributed by atoms with Gasteiger partial charge in [0.25, 0.3) is 15.9 Å². The molecule has 0 fully saturated rings. The third-order valence-corrected chi connectivity index (χ3v) is 7.39. The molecule has 3 aromatic carbocycles. The first kappa shape index (κ1) is 25.3. The molecule has 2 N–H and O–H groups in total. The molecule has 0 bridgehead atoms. The summed E-state index contributed by atoms with van der Waals surface area (Å²) in [6.07, 6.45) is 0. The Morgan fingerprint density at radius 2 is 1.44 bits per heavy atom. The molecule has 0 spiro atoms. The summed E-state index contributed by atoms with van der Waals surface area (Å²) in [5.74, 6) is 0.161. The van der Waals surface area contributed by atoms with Gasteiger partial charge in [-0.2, -0.15) is 0 Å². The second kappa shape index (κ2) is 10.3. The molecule has 1 amide bonds. The Morgan fingerprint density at radius 1 is 0.824 bits per heavy atom. The number of ether oxygens (including phenoxy) is 1. The van der Waals surface area contributed by atoms with Crippen LogP contribution in [0, 0.1) is 34.6 Å². The smallest absolute Gasteiger partial charge is 0.261 e. The van der Waals surface area contributed by atoms with Gasteiger partial charge in [0.15, 0.2) is 6.61 Å². The van der Waals surface area contributed by atoms with Crippen molar-refractivity contribution < 1.29 is 17.9 Å². The van der Waals surface area contributed by atoms with Crippen molar-refractivity contribution in [1.29, 1.82) is 0 Å². The topological polar surface area (TPSA) is 84.5 Å². The zero-order chi connectivity index (χ0) is 25.0. The Hall–Kier alpha value is -3.32. The van der Waals surface area contributed by atoms with Gasteiger partial charge in [0, 0.05) is 5.69 Å². The Bertz CT molecular complexity index is 1300. The molecule has 1 unspecified atom stereocenters. The van der Waals surface area contributed by atoms with Crippen LogP contribution in [0.25, 0.3) is 0 Å². The van der Waals surface area contributed by atoms with Gasteiger partial charge in [0.2, 0.25) is 0 Å². The van der Waals surface area contributed by atoms with Gasteiger partial charge in [0.1, 0.15) is 5.75 Å². The lowest BCUT2D eigenvalue weighted by Gasteiger charge is -2.18. The molecule has 34 heavy (non-hydrogen) atoms. The quantitative estimate of drug-likeness (QED) is 0.459. The summed E-state index contributed by atoms with van der Waals surface area (Å²) in [4.78, 5) is 12.5. The summed E-state index contributed by atoms with van der Waals surface area (Å²) in [5.41, 5.74) is 7.20. The van der Waals surface area contributed by atoms with Crippen LogP contribution < -0.4 is 14.8 Å². The maximum absolute atomic E-state index is 12.7. The molecule has 3 aromatic rings. The Balaban J connectivity index is 1.58. The van der Waals surface area contributed by atoms with Gasteiger partial charge >= 0.3 is 0 Å². The fourth-order valence-electron chi connectivity index (χ4n) is 3.69. The van der Waals surface area contributed by atoms with Gasteiger partial charge in [-0.05, 0) is 111 Å². The number of sulfonamides is 1. The van der Waals surface area contributed by atoms with E-state index < -0.39 is 10.0 Å². The molecule has 7 heteroatoms. The molecular formula is C27H32N2O4S. The average molecular weight is 481 g/mol. The van der Waals surface area contributed by atoms with Crippen LogP contribution in [-0.2, 0) is 14.8 Å². The van der Waals surface area contributed by atoms with Gasteiger partial charge in [-0.1, -0.05) is 18.2 Å². The molecular weight excluding hydrogens is 448 g/mol. The maximum atomic E-state index is 12.7. The minimum Gasteiger partial charge on any atom is -0.484 e. The highest BCUT2D eigenvalue weighted by Crippen LogP contribution is 2.23. The number of hydrogen-bond donors (Lipinski definition) is 2. The number of benzene rings is 3. The van der Waals surface area contributed by atoms with E-state index in [1.807, 2.05) is 33.8 Å². The summed E-state index contributed by atoms with van der Waals surface area (Å²) < 4.78 is 33.5. The van der Waals surface area contributed by atoms with E-state index in [1.165, 1.54) is 23.3 Å². The van der Waals surface area contributed by atoms with Crippen LogP contribution in [0.1, 0.15) is 46.3 Å². The van der Waals surface area contributed by atoms with E-state index in [1.54, 1.807) is 24.3 Å². The molecule has 0 saturated carbocycles. The van der Waals surface area contributed by atoms with Crippen molar-refractivity contribution in [1.82, 2.24) is 5.32 Å². The SMILES string of the molecule is Cc1ccc(NS(=O)(=O)c2ccc(OCC(=O)NC(C)c3cc(C)c(C)cc3C)cc2)cc1C. The minimum atomic E-state index is -3.73. The Labute approximate surface area is 202 Å². The standard InChI is InChI=1S/C27H32N2O4S/c1-17-7-8-23(14-19(17)3)29-34(31,32)25-11-9-24(10-12-25)33-16-27(30)28-22(6)26-15-20(4)18(2)13-21(26)5/h7-15,22,29H,16H2,1-6H3,(H,28,30). The fourth-order valence-corrected chi connectivity index (χ4v) is 4.74. The van der Waals surface area contributed by atoms with Crippen LogP contribution in [-0.4, -0.2) is 20.9 Å². The molecule has 0 aromatic heterocycles. The summed E-state index contributed by atoms with van der Waals surface area (Å²) in [6.45, 7) is 11.8. The molecule has 1 atom stereocenters. The monoisotopic (exact) mass is 480 g/mol. The van der Waals surface area contributed by atoms with E-state index in [0.717, 1.165) is 22.3 Å². The molecule has 180 valence electrons. The highest BCUT2D eigenvalue weighted by molar-refractivity contribution is 7.92. The molecule has 6 nitrogen and oxygen atoms in total. The third-order valence-electron chi connectivity index (χ3n) is 5.99. The van der Waals surface area contributed by atoms with Gasteiger partial charge in [-0.3, -0.25) is 9.52 Å². The number of anilines is 1. The number of amides is 1. The second-order valence-corrected chi connectivity index (χ2v) is 10.4. The zero-order valence-electron chi connectivity index (χ0n) is 20.5. The van der Waals surface area contributed by atoms with Crippen LogP contribution in [0.5, 0.6) is 5.75 Å². The minimum absolute atomic E-state index is 0.112. The van der Waals surface area contributed by atoms with Crippen molar-refractivity contribution in [3.63, 3.8) is 0 Å². The molecule has 0 aliphatic heterocycles. The number of carbonyl (C=O) groups is 1. The predicted molar refractivity (Wildman–Crippen MR) is 136 cm³/mol. The van der Waals surface area contributed by atoms with Gasteiger partial charge < -0.3 is 10.1 Å². The van der Waals surface area contributed by atoms with Crippen LogP contribution in [0.2, 0.25) is 0 Å². The van der Waals surface area contributed by atoms with Crippen molar-refractivity contribution in [2.45, 2.75) is 52.5 Å². The molecule has 0 aliphatic rings. The van der Waals surface area contributed by atoms with Crippen LogP contribution in [0.15, 0.2) is 59.5 Å². The van der Waals surface area contributed by atoms with Crippen LogP contribution >= 0.6 is 0 Å². The van der Waals surface area contributed by atoms with Crippen molar-refractivity contribution >= 4 is 21.6 Å². The van der Waals surface area contributed by atoms with E-state index >= 15 is 0 Å². The van der Waals surface area contributed by atoms with Gasteiger partial charge in [-0.15, -0.1) is 0 Å².